The number of pyridine rings is 1. The van der Waals surface area contributed by atoms with Gasteiger partial charge in [0.15, 0.2) is 11.5 Å². The highest BCUT2D eigenvalue weighted by Crippen LogP contribution is 2.38. The van der Waals surface area contributed by atoms with Crippen LogP contribution in [0.5, 0.6) is 23.0 Å². The van der Waals surface area contributed by atoms with Crippen molar-refractivity contribution in [3.8, 4) is 23.0 Å². The minimum atomic E-state index is -0.294. The van der Waals surface area contributed by atoms with Gasteiger partial charge in [-0.3, -0.25) is 9.88 Å². The zero-order valence-electron chi connectivity index (χ0n) is 25.2. The zero-order chi connectivity index (χ0) is 30.1. The SMILES string of the molecule is COc1cc2c(Oc3ccc(NC(=O)NCCC(C)C)c(Cl)c3)ccnc2cc1OCCCCN1CC(C)OC(C)C1. The molecule has 10 heteroatoms. The number of carbonyl (C=O) groups is 1. The number of ether oxygens (including phenoxy) is 4. The summed E-state index contributed by atoms with van der Waals surface area (Å²) in [5.41, 5.74) is 1.23. The van der Waals surface area contributed by atoms with Crippen LogP contribution in [0.3, 0.4) is 0 Å². The number of methoxy groups -OCH3 is 1. The Morgan fingerprint density at radius 2 is 1.88 bits per heavy atom. The average Bonchev–Trinajstić information content (AvgIpc) is 2.93. The summed E-state index contributed by atoms with van der Waals surface area (Å²) in [4.78, 5) is 19.2. The predicted molar refractivity (Wildman–Crippen MR) is 167 cm³/mol. The first-order valence-corrected chi connectivity index (χ1v) is 15.1. The molecule has 2 aromatic carbocycles. The topological polar surface area (TPSA) is 94.2 Å². The van der Waals surface area contributed by atoms with E-state index in [-0.39, 0.29) is 18.2 Å². The number of rotatable bonds is 13. The molecule has 1 fully saturated rings. The smallest absolute Gasteiger partial charge is 0.319 e. The van der Waals surface area contributed by atoms with E-state index in [0.29, 0.717) is 52.8 Å². The minimum absolute atomic E-state index is 0.277. The van der Waals surface area contributed by atoms with Gasteiger partial charge in [0.1, 0.15) is 11.5 Å². The Kier molecular flexibility index (Phi) is 11.5. The average molecular weight is 599 g/mol. The molecular formula is C32H43ClN4O5. The molecule has 1 aliphatic heterocycles. The fourth-order valence-corrected chi connectivity index (χ4v) is 5.22. The number of halogens is 1. The van der Waals surface area contributed by atoms with Crippen molar-refractivity contribution in [1.29, 1.82) is 0 Å². The number of aromatic nitrogens is 1. The van der Waals surface area contributed by atoms with Crippen LogP contribution in [0.4, 0.5) is 10.5 Å². The van der Waals surface area contributed by atoms with Gasteiger partial charge in [0.2, 0.25) is 0 Å². The van der Waals surface area contributed by atoms with Gasteiger partial charge in [-0.05, 0) is 69.8 Å². The van der Waals surface area contributed by atoms with Crippen molar-refractivity contribution in [1.82, 2.24) is 15.2 Å². The van der Waals surface area contributed by atoms with Crippen molar-refractivity contribution in [2.24, 2.45) is 5.92 Å². The Balaban J connectivity index is 1.36. The molecule has 1 aliphatic rings. The van der Waals surface area contributed by atoms with Crippen molar-refractivity contribution < 1.29 is 23.7 Å². The first kappa shape index (κ1) is 31.7. The largest absolute Gasteiger partial charge is 0.493 e. The lowest BCUT2D eigenvalue weighted by atomic mass is 10.1. The van der Waals surface area contributed by atoms with E-state index in [4.69, 9.17) is 30.5 Å². The van der Waals surface area contributed by atoms with Crippen LogP contribution >= 0.6 is 11.6 Å². The molecule has 0 bridgehead atoms. The van der Waals surface area contributed by atoms with Crippen LogP contribution in [-0.4, -0.2) is 68.0 Å². The van der Waals surface area contributed by atoms with Crippen molar-refractivity contribution in [3.63, 3.8) is 0 Å². The van der Waals surface area contributed by atoms with Crippen LogP contribution in [0.2, 0.25) is 5.02 Å². The highest BCUT2D eigenvalue weighted by atomic mass is 35.5. The number of hydrogen-bond donors (Lipinski definition) is 2. The summed E-state index contributed by atoms with van der Waals surface area (Å²) in [6.45, 7) is 12.6. The molecule has 2 unspecified atom stereocenters. The molecule has 42 heavy (non-hydrogen) atoms. The predicted octanol–water partition coefficient (Wildman–Crippen LogP) is 7.12. The number of benzene rings is 2. The Labute approximate surface area is 253 Å². The van der Waals surface area contributed by atoms with E-state index in [2.05, 4.69) is 48.2 Å². The monoisotopic (exact) mass is 598 g/mol. The quantitative estimate of drug-likeness (QED) is 0.202. The first-order valence-electron chi connectivity index (χ1n) is 14.7. The number of urea groups is 1. The molecule has 1 saturated heterocycles. The molecular weight excluding hydrogens is 556 g/mol. The van der Waals surface area contributed by atoms with Crippen LogP contribution < -0.4 is 24.8 Å². The van der Waals surface area contributed by atoms with Gasteiger partial charge in [0, 0.05) is 43.4 Å². The molecule has 228 valence electrons. The highest BCUT2D eigenvalue weighted by Gasteiger charge is 2.21. The molecule has 4 rings (SSSR count). The van der Waals surface area contributed by atoms with Crippen molar-refractivity contribution in [2.45, 2.75) is 59.2 Å². The van der Waals surface area contributed by atoms with Crippen LogP contribution in [0.25, 0.3) is 10.9 Å². The summed E-state index contributed by atoms with van der Waals surface area (Å²) in [7, 11) is 1.62. The summed E-state index contributed by atoms with van der Waals surface area (Å²) < 4.78 is 23.8. The van der Waals surface area contributed by atoms with Gasteiger partial charge in [0.05, 0.1) is 42.2 Å². The maximum absolute atomic E-state index is 12.2. The highest BCUT2D eigenvalue weighted by molar-refractivity contribution is 6.33. The molecule has 2 atom stereocenters. The van der Waals surface area contributed by atoms with Crippen LogP contribution in [-0.2, 0) is 4.74 Å². The number of nitrogens with one attached hydrogen (secondary N) is 2. The number of hydrogen-bond acceptors (Lipinski definition) is 7. The van der Waals surface area contributed by atoms with Gasteiger partial charge in [-0.25, -0.2) is 4.79 Å². The summed E-state index contributed by atoms with van der Waals surface area (Å²) >= 11 is 6.46. The van der Waals surface area contributed by atoms with Gasteiger partial charge in [0.25, 0.3) is 0 Å². The molecule has 9 nitrogen and oxygen atoms in total. The Bertz CT molecular complexity index is 1330. The summed E-state index contributed by atoms with van der Waals surface area (Å²) in [6.07, 6.45) is 5.13. The standard InChI is InChI=1S/C32H43ClN4O5/c1-21(2)10-12-35-32(38)36-27-9-8-24(16-26(27)33)42-29-11-13-34-28-18-31(30(39-5)17-25(28)29)40-15-7-6-14-37-19-22(3)41-23(4)20-37/h8-9,11,13,16-18,21-23H,6-7,10,12,14-15,19-20H2,1-5H3,(H2,35,36,38). The van der Waals surface area contributed by atoms with E-state index in [1.165, 1.54) is 0 Å². The Morgan fingerprint density at radius 1 is 1.10 bits per heavy atom. The van der Waals surface area contributed by atoms with E-state index in [0.717, 1.165) is 49.8 Å². The van der Waals surface area contributed by atoms with E-state index in [1.807, 2.05) is 12.1 Å². The summed E-state index contributed by atoms with van der Waals surface area (Å²) in [5.74, 6) is 2.90. The third-order valence-electron chi connectivity index (χ3n) is 7.03. The molecule has 2 N–H and O–H groups in total. The number of unbranched alkanes of at least 4 members (excludes halogenated alkanes) is 1. The molecule has 2 heterocycles. The summed E-state index contributed by atoms with van der Waals surface area (Å²) in [6, 6.07) is 10.4. The molecule has 0 radical (unpaired) electrons. The number of morpholine rings is 1. The lowest BCUT2D eigenvalue weighted by Gasteiger charge is -2.35. The molecule has 3 aromatic rings. The van der Waals surface area contributed by atoms with Crippen molar-refractivity contribution >= 4 is 34.2 Å². The van der Waals surface area contributed by atoms with Gasteiger partial charge < -0.3 is 29.6 Å². The number of carbonyl (C=O) groups excluding carboxylic acids is 1. The number of anilines is 1. The first-order chi connectivity index (χ1) is 20.2. The molecule has 2 amide bonds. The van der Waals surface area contributed by atoms with Crippen molar-refractivity contribution in [2.75, 3.05) is 45.2 Å². The fraction of sp³-hybridized carbons (Fsp3) is 0.500. The zero-order valence-corrected chi connectivity index (χ0v) is 26.0. The van der Waals surface area contributed by atoms with E-state index in [9.17, 15) is 4.79 Å². The number of amides is 2. The Morgan fingerprint density at radius 3 is 2.60 bits per heavy atom. The Hall–Kier alpha value is -3.27. The minimum Gasteiger partial charge on any atom is -0.493 e. The fourth-order valence-electron chi connectivity index (χ4n) is 5.00. The van der Waals surface area contributed by atoms with Crippen LogP contribution in [0.1, 0.15) is 47.0 Å². The normalized spacial score (nSPS) is 17.3. The van der Waals surface area contributed by atoms with Gasteiger partial charge in [-0.15, -0.1) is 0 Å². The molecule has 0 saturated carbocycles. The molecule has 0 aliphatic carbocycles. The van der Waals surface area contributed by atoms with Crippen LogP contribution in [0, 0.1) is 5.92 Å². The second-order valence-electron chi connectivity index (χ2n) is 11.2. The van der Waals surface area contributed by atoms with E-state index in [1.54, 1.807) is 37.6 Å². The van der Waals surface area contributed by atoms with Gasteiger partial charge in [-0.2, -0.15) is 0 Å². The number of fused-ring (bicyclic) bond motifs is 1. The molecule has 0 spiro atoms. The van der Waals surface area contributed by atoms with Gasteiger partial charge >= 0.3 is 6.03 Å². The lowest BCUT2D eigenvalue weighted by molar-refractivity contribution is -0.0682. The van der Waals surface area contributed by atoms with Crippen LogP contribution in [0.15, 0.2) is 42.6 Å². The maximum atomic E-state index is 12.2. The number of nitrogens with zero attached hydrogens (tertiary/aromatic N) is 2. The molecule has 1 aromatic heterocycles. The van der Waals surface area contributed by atoms with Crippen molar-refractivity contribution in [3.05, 3.63) is 47.6 Å². The van der Waals surface area contributed by atoms with E-state index < -0.39 is 0 Å². The third kappa shape index (κ3) is 9.11. The van der Waals surface area contributed by atoms with Gasteiger partial charge in [-0.1, -0.05) is 25.4 Å². The summed E-state index contributed by atoms with van der Waals surface area (Å²) in [5, 5.41) is 6.77. The maximum Gasteiger partial charge on any atom is 0.319 e. The third-order valence-corrected chi connectivity index (χ3v) is 7.34. The second kappa shape index (κ2) is 15.3. The van der Waals surface area contributed by atoms with E-state index >= 15 is 0 Å². The second-order valence-corrected chi connectivity index (χ2v) is 11.6. The lowest BCUT2D eigenvalue weighted by Crippen LogP contribution is -2.45.